The SMILES string of the molecule is CC(C(C=O)c1ccccc1)C(Cl)(C#N)C(=O)O. The molecule has 0 amide bonds. The Bertz CT molecular complexity index is 483. The molecule has 18 heavy (non-hydrogen) atoms. The summed E-state index contributed by atoms with van der Waals surface area (Å²) < 4.78 is 0. The number of alkyl halides is 1. The third kappa shape index (κ3) is 2.52. The van der Waals surface area contributed by atoms with E-state index in [1.54, 1.807) is 36.4 Å². The zero-order valence-electron chi connectivity index (χ0n) is 9.71. The second kappa shape index (κ2) is 5.65. The van der Waals surface area contributed by atoms with Crippen molar-refractivity contribution in [3.63, 3.8) is 0 Å². The molecule has 0 spiro atoms. The Balaban J connectivity index is 3.15. The average molecular weight is 266 g/mol. The van der Waals surface area contributed by atoms with Crippen molar-refractivity contribution in [3.8, 4) is 6.07 Å². The standard InChI is InChI=1S/C13H12ClNO3/c1-9(13(14,8-15)12(17)18)11(7-16)10-5-3-2-4-6-10/h2-7,9,11H,1H3,(H,17,18). The highest BCUT2D eigenvalue weighted by Gasteiger charge is 2.46. The number of hydrogen-bond acceptors (Lipinski definition) is 3. The highest BCUT2D eigenvalue weighted by molar-refractivity contribution is 6.36. The molecule has 3 unspecified atom stereocenters. The largest absolute Gasteiger partial charge is 0.479 e. The highest BCUT2D eigenvalue weighted by Crippen LogP contribution is 2.35. The molecule has 94 valence electrons. The molecule has 0 radical (unpaired) electrons. The summed E-state index contributed by atoms with van der Waals surface area (Å²) in [6.07, 6.45) is 0.622. The second-order valence-electron chi connectivity index (χ2n) is 3.99. The maximum Gasteiger partial charge on any atom is 0.339 e. The molecular formula is C13H12ClNO3. The van der Waals surface area contributed by atoms with Gasteiger partial charge in [-0.05, 0) is 5.56 Å². The van der Waals surface area contributed by atoms with Gasteiger partial charge in [0.1, 0.15) is 6.29 Å². The van der Waals surface area contributed by atoms with Crippen LogP contribution in [0.2, 0.25) is 0 Å². The topological polar surface area (TPSA) is 78.2 Å². The van der Waals surface area contributed by atoms with Crippen molar-refractivity contribution in [2.45, 2.75) is 17.7 Å². The van der Waals surface area contributed by atoms with Gasteiger partial charge in [0, 0.05) is 11.8 Å². The molecule has 0 fully saturated rings. The van der Waals surface area contributed by atoms with Crippen LogP contribution < -0.4 is 0 Å². The van der Waals surface area contributed by atoms with Crippen LogP contribution in [-0.2, 0) is 9.59 Å². The van der Waals surface area contributed by atoms with Crippen LogP contribution in [0.4, 0.5) is 0 Å². The minimum atomic E-state index is -2.11. The second-order valence-corrected chi connectivity index (χ2v) is 4.59. The van der Waals surface area contributed by atoms with E-state index in [1.807, 2.05) is 0 Å². The summed E-state index contributed by atoms with van der Waals surface area (Å²) in [4.78, 5) is 20.1. The molecule has 1 aromatic carbocycles. The van der Waals surface area contributed by atoms with Crippen LogP contribution in [0.25, 0.3) is 0 Å². The molecule has 0 aromatic heterocycles. The summed E-state index contributed by atoms with van der Waals surface area (Å²) in [6.45, 7) is 1.48. The van der Waals surface area contributed by atoms with Crippen molar-refractivity contribution in [2.24, 2.45) is 5.92 Å². The van der Waals surface area contributed by atoms with Gasteiger partial charge in [-0.2, -0.15) is 5.26 Å². The number of aldehydes is 1. The predicted molar refractivity (Wildman–Crippen MR) is 66.2 cm³/mol. The zero-order valence-corrected chi connectivity index (χ0v) is 10.5. The van der Waals surface area contributed by atoms with E-state index in [4.69, 9.17) is 22.0 Å². The first-order valence-corrected chi connectivity index (χ1v) is 5.69. The molecule has 1 aromatic rings. The number of nitriles is 1. The quantitative estimate of drug-likeness (QED) is 0.654. The van der Waals surface area contributed by atoms with E-state index in [0.29, 0.717) is 11.8 Å². The molecule has 0 aliphatic carbocycles. The van der Waals surface area contributed by atoms with E-state index >= 15 is 0 Å². The van der Waals surface area contributed by atoms with Gasteiger partial charge in [-0.1, -0.05) is 48.9 Å². The zero-order chi connectivity index (χ0) is 13.8. The molecule has 0 heterocycles. The van der Waals surface area contributed by atoms with Crippen LogP contribution in [0, 0.1) is 17.2 Å². The monoisotopic (exact) mass is 265 g/mol. The molecular weight excluding hydrogens is 254 g/mol. The van der Waals surface area contributed by atoms with E-state index in [9.17, 15) is 9.59 Å². The number of nitrogens with zero attached hydrogens (tertiary/aromatic N) is 1. The van der Waals surface area contributed by atoms with E-state index in [2.05, 4.69) is 0 Å². The molecule has 0 aliphatic rings. The first kappa shape index (κ1) is 14.2. The van der Waals surface area contributed by atoms with Crippen LogP contribution in [0.5, 0.6) is 0 Å². The van der Waals surface area contributed by atoms with Gasteiger partial charge < -0.3 is 9.90 Å². The van der Waals surface area contributed by atoms with Crippen molar-refractivity contribution in [2.75, 3.05) is 0 Å². The van der Waals surface area contributed by atoms with Gasteiger partial charge in [-0.3, -0.25) is 0 Å². The molecule has 5 heteroatoms. The maximum absolute atomic E-state index is 11.2. The summed E-state index contributed by atoms with van der Waals surface area (Å²) in [5.74, 6) is -3.03. The summed E-state index contributed by atoms with van der Waals surface area (Å²) >= 11 is 5.81. The minimum Gasteiger partial charge on any atom is -0.479 e. The van der Waals surface area contributed by atoms with Gasteiger partial charge in [0.2, 0.25) is 4.87 Å². The van der Waals surface area contributed by atoms with Gasteiger partial charge in [0.05, 0.1) is 6.07 Å². The average Bonchev–Trinajstić information content (AvgIpc) is 2.39. The van der Waals surface area contributed by atoms with E-state index in [1.165, 1.54) is 6.92 Å². The minimum absolute atomic E-state index is 0.622. The summed E-state index contributed by atoms with van der Waals surface area (Å²) in [6, 6.07) is 10.2. The van der Waals surface area contributed by atoms with E-state index in [0.717, 1.165) is 0 Å². The molecule has 1 N–H and O–H groups in total. The number of hydrogen-bond donors (Lipinski definition) is 1. The number of carboxylic acid groups (broad SMARTS) is 1. The van der Waals surface area contributed by atoms with Gasteiger partial charge in [-0.25, -0.2) is 4.79 Å². The van der Waals surface area contributed by atoms with Crippen LogP contribution in [0.3, 0.4) is 0 Å². The lowest BCUT2D eigenvalue weighted by molar-refractivity contribution is -0.140. The third-order valence-corrected chi connectivity index (χ3v) is 3.56. The Labute approximate surface area is 110 Å². The Morgan fingerprint density at radius 1 is 1.50 bits per heavy atom. The number of rotatable bonds is 5. The van der Waals surface area contributed by atoms with Gasteiger partial charge in [-0.15, -0.1) is 0 Å². The molecule has 0 aliphatic heterocycles. The molecule has 0 saturated heterocycles. The van der Waals surface area contributed by atoms with Crippen molar-refractivity contribution >= 4 is 23.9 Å². The number of halogens is 1. The van der Waals surface area contributed by atoms with Crippen molar-refractivity contribution in [1.82, 2.24) is 0 Å². The fourth-order valence-electron chi connectivity index (χ4n) is 1.75. The fourth-order valence-corrected chi connectivity index (χ4v) is 1.89. The van der Waals surface area contributed by atoms with Crippen molar-refractivity contribution in [1.29, 1.82) is 5.26 Å². The summed E-state index contributed by atoms with van der Waals surface area (Å²) in [7, 11) is 0. The van der Waals surface area contributed by atoms with Crippen LogP contribution in [-0.4, -0.2) is 22.2 Å². The molecule has 1 rings (SSSR count). The van der Waals surface area contributed by atoms with Crippen molar-refractivity contribution < 1.29 is 14.7 Å². The number of carbonyl (C=O) groups excluding carboxylic acids is 1. The fraction of sp³-hybridized carbons (Fsp3) is 0.308. The lowest BCUT2D eigenvalue weighted by Crippen LogP contribution is -2.41. The summed E-state index contributed by atoms with van der Waals surface area (Å²) in [5, 5.41) is 18.0. The Morgan fingerprint density at radius 3 is 2.44 bits per heavy atom. The molecule has 3 atom stereocenters. The molecule has 0 saturated carbocycles. The first-order valence-electron chi connectivity index (χ1n) is 5.31. The third-order valence-electron chi connectivity index (χ3n) is 2.97. The number of carbonyl (C=O) groups is 2. The molecule has 4 nitrogen and oxygen atoms in total. The Kier molecular flexibility index (Phi) is 4.46. The smallest absolute Gasteiger partial charge is 0.339 e. The van der Waals surface area contributed by atoms with Crippen LogP contribution in [0.15, 0.2) is 30.3 Å². The van der Waals surface area contributed by atoms with Crippen LogP contribution >= 0.6 is 11.6 Å². The predicted octanol–water partition coefficient (Wildman–Crippen LogP) is 2.19. The maximum atomic E-state index is 11.2. The summed E-state index contributed by atoms with van der Waals surface area (Å²) in [5.41, 5.74) is 0.640. The number of aliphatic carboxylic acids is 1. The first-order chi connectivity index (χ1) is 8.47. The number of carboxylic acids is 1. The van der Waals surface area contributed by atoms with Crippen LogP contribution in [0.1, 0.15) is 18.4 Å². The van der Waals surface area contributed by atoms with Gasteiger partial charge in [0.25, 0.3) is 0 Å². The van der Waals surface area contributed by atoms with Crippen molar-refractivity contribution in [3.05, 3.63) is 35.9 Å². The normalized spacial score (nSPS) is 16.9. The van der Waals surface area contributed by atoms with Gasteiger partial charge >= 0.3 is 5.97 Å². The van der Waals surface area contributed by atoms with Gasteiger partial charge in [0.15, 0.2) is 0 Å². The Morgan fingerprint density at radius 2 is 2.06 bits per heavy atom. The van der Waals surface area contributed by atoms with E-state index in [-0.39, 0.29) is 0 Å². The lowest BCUT2D eigenvalue weighted by Gasteiger charge is -2.27. The Hall–Kier alpha value is -1.86. The number of benzene rings is 1. The molecule has 0 bridgehead atoms. The van der Waals surface area contributed by atoms with E-state index < -0.39 is 22.7 Å². The highest BCUT2D eigenvalue weighted by atomic mass is 35.5. The lowest BCUT2D eigenvalue weighted by atomic mass is 9.80.